The van der Waals surface area contributed by atoms with Crippen LogP contribution in [-0.4, -0.2) is 39.1 Å². The Balaban J connectivity index is 1.42. The first-order chi connectivity index (χ1) is 13.1. The molecular weight excluding hydrogens is 350 g/mol. The number of hydrogen-bond acceptors (Lipinski definition) is 8. The van der Waals surface area contributed by atoms with Crippen LogP contribution >= 0.6 is 0 Å². The van der Waals surface area contributed by atoms with Crippen molar-refractivity contribution in [2.75, 3.05) is 12.3 Å². The third kappa shape index (κ3) is 3.40. The number of nitrogen functional groups attached to an aromatic ring is 1. The average molecular weight is 371 g/mol. The lowest BCUT2D eigenvalue weighted by atomic mass is 10.0. The van der Waals surface area contributed by atoms with Crippen LogP contribution in [0.5, 0.6) is 0 Å². The zero-order valence-electron chi connectivity index (χ0n) is 14.8. The van der Waals surface area contributed by atoms with Gasteiger partial charge in [0.2, 0.25) is 0 Å². The number of nitrogens with zero attached hydrogens (tertiary/aromatic N) is 4. The van der Waals surface area contributed by atoms with Gasteiger partial charge in [-0.1, -0.05) is 0 Å². The minimum Gasteiger partial charge on any atom is -0.431 e. The maximum absolute atomic E-state index is 11.9. The number of aromatic nitrogens is 3. The van der Waals surface area contributed by atoms with Crippen molar-refractivity contribution in [2.24, 2.45) is 0 Å². The molecule has 9 nitrogen and oxygen atoms in total. The molecule has 2 aromatic rings. The quantitative estimate of drug-likeness (QED) is 0.813. The fourth-order valence-corrected chi connectivity index (χ4v) is 3.75. The lowest BCUT2D eigenvalue weighted by Crippen LogP contribution is -2.34. The first kappa shape index (κ1) is 17.5. The highest BCUT2D eigenvalue weighted by molar-refractivity contribution is 5.65. The van der Waals surface area contributed by atoms with Crippen LogP contribution in [0.4, 0.5) is 10.6 Å². The van der Waals surface area contributed by atoms with Crippen LogP contribution in [0.15, 0.2) is 18.5 Å². The highest BCUT2D eigenvalue weighted by Crippen LogP contribution is 2.40. The third-order valence-corrected chi connectivity index (χ3v) is 5.21. The van der Waals surface area contributed by atoms with E-state index in [0.717, 1.165) is 31.4 Å². The molecule has 0 amide bonds. The monoisotopic (exact) mass is 371 g/mol. The number of hydrogen-bond donors (Lipinski definition) is 1. The number of carbonyl (C=O) groups excluding carboxylic acids is 1. The lowest BCUT2D eigenvalue weighted by Gasteiger charge is -2.22. The van der Waals surface area contributed by atoms with Crippen LogP contribution in [0.3, 0.4) is 0 Å². The molecule has 27 heavy (non-hydrogen) atoms. The van der Waals surface area contributed by atoms with Crippen molar-refractivity contribution in [2.45, 2.75) is 56.3 Å². The molecule has 2 atom stereocenters. The summed E-state index contributed by atoms with van der Waals surface area (Å²) in [5.74, 6) is 0.374. The SMILES string of the molecule is N#C[C@@]1(COC(=O)OC2CCCC2)CCC(c2ccc3c(N)ncnn23)O1. The van der Waals surface area contributed by atoms with Gasteiger partial charge in [-0.05, 0) is 50.7 Å². The first-order valence-corrected chi connectivity index (χ1v) is 9.11. The Hall–Kier alpha value is -2.86. The second-order valence-corrected chi connectivity index (χ2v) is 7.01. The molecular formula is C18H21N5O4. The summed E-state index contributed by atoms with van der Waals surface area (Å²) in [7, 11) is 0. The van der Waals surface area contributed by atoms with E-state index < -0.39 is 11.8 Å². The van der Waals surface area contributed by atoms with E-state index in [-0.39, 0.29) is 18.8 Å². The fraction of sp³-hybridized carbons (Fsp3) is 0.556. The van der Waals surface area contributed by atoms with E-state index in [0.29, 0.717) is 24.2 Å². The molecule has 2 fully saturated rings. The van der Waals surface area contributed by atoms with Gasteiger partial charge in [-0.3, -0.25) is 0 Å². The standard InChI is InChI=1S/C18H21N5O4/c19-9-18(10-25-17(24)26-12-3-1-2-4-12)8-7-15(27-18)13-5-6-14-16(20)21-11-22-23(13)14/h5-6,11-12,15H,1-4,7-8,10H2,(H2,20,21,22)/t15?,18-/m1/s1. The summed E-state index contributed by atoms with van der Waals surface area (Å²) in [6.07, 6.45) is 5.10. The second-order valence-electron chi connectivity index (χ2n) is 7.01. The van der Waals surface area contributed by atoms with Crippen LogP contribution in [0, 0.1) is 11.3 Å². The Labute approximate surface area is 156 Å². The van der Waals surface area contributed by atoms with Gasteiger partial charge < -0.3 is 19.9 Å². The lowest BCUT2D eigenvalue weighted by molar-refractivity contribution is -0.0600. The van der Waals surface area contributed by atoms with E-state index >= 15 is 0 Å². The molecule has 4 rings (SSSR count). The second kappa shape index (κ2) is 7.04. The largest absolute Gasteiger partial charge is 0.508 e. The summed E-state index contributed by atoms with van der Waals surface area (Å²) < 4.78 is 18.1. The molecule has 1 saturated carbocycles. The Morgan fingerprint density at radius 2 is 2.22 bits per heavy atom. The normalized spacial score (nSPS) is 25.5. The van der Waals surface area contributed by atoms with Gasteiger partial charge in [-0.25, -0.2) is 14.3 Å². The van der Waals surface area contributed by atoms with Crippen LogP contribution in [0.2, 0.25) is 0 Å². The van der Waals surface area contributed by atoms with Crippen molar-refractivity contribution in [3.8, 4) is 6.07 Å². The zero-order chi connectivity index (χ0) is 18.9. The van der Waals surface area contributed by atoms with Gasteiger partial charge >= 0.3 is 6.16 Å². The summed E-state index contributed by atoms with van der Waals surface area (Å²) >= 11 is 0. The van der Waals surface area contributed by atoms with E-state index in [9.17, 15) is 10.1 Å². The molecule has 1 saturated heterocycles. The molecule has 1 aliphatic heterocycles. The van der Waals surface area contributed by atoms with Gasteiger partial charge in [-0.15, -0.1) is 0 Å². The molecule has 1 aliphatic carbocycles. The van der Waals surface area contributed by atoms with Crippen LogP contribution in [0.1, 0.15) is 50.3 Å². The number of anilines is 1. The summed E-state index contributed by atoms with van der Waals surface area (Å²) in [6, 6.07) is 5.83. The predicted molar refractivity (Wildman–Crippen MR) is 93.5 cm³/mol. The van der Waals surface area contributed by atoms with Crippen molar-refractivity contribution in [3.63, 3.8) is 0 Å². The van der Waals surface area contributed by atoms with Gasteiger partial charge in [0.25, 0.3) is 0 Å². The molecule has 2 N–H and O–H groups in total. The first-order valence-electron chi connectivity index (χ1n) is 9.11. The van der Waals surface area contributed by atoms with Gasteiger partial charge in [0.15, 0.2) is 11.4 Å². The minimum atomic E-state index is -1.19. The molecule has 3 heterocycles. The molecule has 0 radical (unpaired) electrons. The molecule has 2 aliphatic rings. The highest BCUT2D eigenvalue weighted by Gasteiger charge is 2.43. The van der Waals surface area contributed by atoms with Crippen LogP contribution in [-0.2, 0) is 14.2 Å². The van der Waals surface area contributed by atoms with Crippen molar-refractivity contribution in [1.29, 1.82) is 5.26 Å². The molecule has 0 aromatic carbocycles. The fourth-order valence-electron chi connectivity index (χ4n) is 3.75. The number of carbonyl (C=O) groups is 1. The maximum atomic E-state index is 11.9. The van der Waals surface area contributed by atoms with Crippen molar-refractivity contribution in [3.05, 3.63) is 24.2 Å². The maximum Gasteiger partial charge on any atom is 0.508 e. The molecule has 9 heteroatoms. The topological polar surface area (TPSA) is 125 Å². The zero-order valence-corrected chi connectivity index (χ0v) is 14.8. The molecule has 0 bridgehead atoms. The van der Waals surface area contributed by atoms with E-state index in [4.69, 9.17) is 19.9 Å². The third-order valence-electron chi connectivity index (χ3n) is 5.21. The Morgan fingerprint density at radius 1 is 1.41 bits per heavy atom. The van der Waals surface area contributed by atoms with E-state index in [1.54, 1.807) is 4.52 Å². The van der Waals surface area contributed by atoms with Crippen molar-refractivity contribution >= 4 is 17.5 Å². The predicted octanol–water partition coefficient (Wildman–Crippen LogP) is 2.52. The van der Waals surface area contributed by atoms with Crippen LogP contribution in [0.25, 0.3) is 5.52 Å². The minimum absolute atomic E-state index is 0.0787. The molecule has 0 spiro atoms. The summed E-state index contributed by atoms with van der Waals surface area (Å²) in [6.45, 7) is -0.161. The van der Waals surface area contributed by atoms with E-state index in [1.165, 1.54) is 6.33 Å². The number of nitriles is 1. The Kier molecular flexibility index (Phi) is 4.58. The highest BCUT2D eigenvalue weighted by atomic mass is 16.7. The molecule has 2 aromatic heterocycles. The summed E-state index contributed by atoms with van der Waals surface area (Å²) in [5, 5.41) is 13.8. The van der Waals surface area contributed by atoms with E-state index in [2.05, 4.69) is 16.2 Å². The number of ether oxygens (including phenoxy) is 3. The van der Waals surface area contributed by atoms with Gasteiger partial charge in [0.05, 0.1) is 5.69 Å². The average Bonchev–Trinajstić information content (AvgIpc) is 3.40. The Bertz CT molecular complexity index is 885. The van der Waals surface area contributed by atoms with Gasteiger partial charge in [0, 0.05) is 0 Å². The van der Waals surface area contributed by atoms with Gasteiger partial charge in [-0.2, -0.15) is 10.4 Å². The van der Waals surface area contributed by atoms with E-state index in [1.807, 2.05) is 12.1 Å². The molecule has 1 unspecified atom stereocenters. The number of nitrogens with two attached hydrogens (primary N) is 1. The smallest absolute Gasteiger partial charge is 0.431 e. The summed E-state index contributed by atoms with van der Waals surface area (Å²) in [5.41, 5.74) is 6.13. The molecule has 142 valence electrons. The summed E-state index contributed by atoms with van der Waals surface area (Å²) in [4.78, 5) is 15.9. The van der Waals surface area contributed by atoms with Crippen molar-refractivity contribution in [1.82, 2.24) is 14.6 Å². The Morgan fingerprint density at radius 3 is 3.00 bits per heavy atom. The number of fused-ring (bicyclic) bond motifs is 1. The number of rotatable bonds is 4. The van der Waals surface area contributed by atoms with Crippen LogP contribution < -0.4 is 5.73 Å². The van der Waals surface area contributed by atoms with Crippen molar-refractivity contribution < 1.29 is 19.0 Å². The van der Waals surface area contributed by atoms with Gasteiger partial charge in [0.1, 0.15) is 36.7 Å².